The van der Waals surface area contributed by atoms with Crippen molar-refractivity contribution in [3.8, 4) is 12.3 Å². The van der Waals surface area contributed by atoms with Crippen molar-refractivity contribution in [2.75, 3.05) is 14.1 Å². The van der Waals surface area contributed by atoms with E-state index in [1.165, 1.54) is 0 Å². The second-order valence-electron chi connectivity index (χ2n) is 3.09. The minimum Gasteiger partial charge on any atom is -0.303 e. The third-order valence-corrected chi connectivity index (χ3v) is 1.75. The molecule has 0 saturated carbocycles. The first-order chi connectivity index (χ1) is 5.00. The fourth-order valence-corrected chi connectivity index (χ4v) is 0.408. The van der Waals surface area contributed by atoms with Gasteiger partial charge in [0.1, 0.15) is 0 Å². The average molecular weight is 155 g/mol. The van der Waals surface area contributed by atoms with Gasteiger partial charge in [-0.1, -0.05) is 13.8 Å². The van der Waals surface area contributed by atoms with Gasteiger partial charge in [-0.3, -0.25) is 0 Å². The predicted octanol–water partition coefficient (Wildman–Crippen LogP) is 2.38. The second-order valence-corrected chi connectivity index (χ2v) is 3.09. The molecule has 0 atom stereocenters. The van der Waals surface area contributed by atoms with Crippen molar-refractivity contribution < 1.29 is 0 Å². The molecule has 0 amide bonds. The van der Waals surface area contributed by atoms with Gasteiger partial charge in [0, 0.05) is 12.0 Å². The van der Waals surface area contributed by atoms with Gasteiger partial charge in [0.15, 0.2) is 0 Å². The van der Waals surface area contributed by atoms with Crippen molar-refractivity contribution in [3.05, 3.63) is 0 Å². The van der Waals surface area contributed by atoms with E-state index in [-0.39, 0.29) is 5.54 Å². The lowest BCUT2D eigenvalue weighted by molar-refractivity contribution is 0.201. The lowest BCUT2D eigenvalue weighted by Gasteiger charge is -2.30. The molecule has 0 bridgehead atoms. The summed E-state index contributed by atoms with van der Waals surface area (Å²) < 4.78 is 0. The molecule has 1 nitrogen and oxygen atoms in total. The summed E-state index contributed by atoms with van der Waals surface area (Å²) in [6.07, 6.45) is 5.98. The molecule has 66 valence electrons. The van der Waals surface area contributed by atoms with Crippen LogP contribution in [-0.2, 0) is 0 Å². The Morgan fingerprint density at radius 3 is 1.73 bits per heavy atom. The second kappa shape index (κ2) is 6.24. The van der Waals surface area contributed by atoms with Gasteiger partial charge in [0.2, 0.25) is 0 Å². The molecule has 0 heterocycles. The largest absolute Gasteiger partial charge is 0.303 e. The molecule has 1 heteroatoms. The lowest BCUT2D eigenvalue weighted by atomic mass is 10.0. The summed E-state index contributed by atoms with van der Waals surface area (Å²) >= 11 is 0. The lowest BCUT2D eigenvalue weighted by Crippen LogP contribution is -2.37. The number of nitrogens with zero attached hydrogens (tertiary/aromatic N) is 1. The van der Waals surface area contributed by atoms with Crippen LogP contribution in [0.2, 0.25) is 0 Å². The van der Waals surface area contributed by atoms with Crippen molar-refractivity contribution in [1.29, 1.82) is 0 Å². The third kappa shape index (κ3) is 5.94. The van der Waals surface area contributed by atoms with Crippen LogP contribution >= 0.6 is 0 Å². The average Bonchev–Trinajstić information content (AvgIpc) is 1.92. The summed E-state index contributed by atoms with van der Waals surface area (Å²) in [5.74, 6) is 2.65. The molecule has 0 aromatic carbocycles. The fourth-order valence-electron chi connectivity index (χ4n) is 0.408. The van der Waals surface area contributed by atoms with E-state index in [1.807, 2.05) is 27.9 Å². The Morgan fingerprint density at radius 1 is 1.27 bits per heavy atom. The highest BCUT2D eigenvalue weighted by molar-refractivity contribution is 4.94. The van der Waals surface area contributed by atoms with Crippen LogP contribution in [0.5, 0.6) is 0 Å². The summed E-state index contributed by atoms with van der Waals surface area (Å²) in [5, 5.41) is 0. The smallest absolute Gasteiger partial charge is 0.0266 e. The summed E-state index contributed by atoms with van der Waals surface area (Å²) in [6.45, 7) is 8.26. The third-order valence-electron chi connectivity index (χ3n) is 1.75. The van der Waals surface area contributed by atoms with E-state index >= 15 is 0 Å². The van der Waals surface area contributed by atoms with E-state index in [0.29, 0.717) is 0 Å². The van der Waals surface area contributed by atoms with Crippen molar-refractivity contribution in [3.63, 3.8) is 0 Å². The van der Waals surface area contributed by atoms with Crippen LogP contribution in [-0.4, -0.2) is 24.5 Å². The summed E-state index contributed by atoms with van der Waals surface area (Å²) in [7, 11) is 4.08. The standard InChI is InChI=1S/C8H15N.C2H6/c1-6-7-8(2,3)9(4)5;1-2/h1H,7H2,2-5H3;1-2H3. The minimum atomic E-state index is 0.148. The van der Waals surface area contributed by atoms with Crippen LogP contribution in [0.4, 0.5) is 0 Å². The molecular formula is C10H21N. The summed E-state index contributed by atoms with van der Waals surface area (Å²) in [4.78, 5) is 2.13. The molecule has 0 aliphatic rings. The highest BCUT2D eigenvalue weighted by Gasteiger charge is 2.17. The molecule has 0 aliphatic heterocycles. The Bertz CT molecular complexity index is 117. The van der Waals surface area contributed by atoms with Gasteiger partial charge in [-0.2, -0.15) is 0 Å². The molecule has 0 aliphatic carbocycles. The topological polar surface area (TPSA) is 3.24 Å². The molecule has 0 spiro atoms. The van der Waals surface area contributed by atoms with Crippen molar-refractivity contribution in [1.82, 2.24) is 4.90 Å². The molecule has 0 aromatic heterocycles. The molecule has 0 unspecified atom stereocenters. The zero-order valence-corrected chi connectivity index (χ0v) is 8.73. The van der Waals surface area contributed by atoms with Crippen molar-refractivity contribution in [2.45, 2.75) is 39.7 Å². The number of hydrogen-bond donors (Lipinski definition) is 0. The first-order valence-electron chi connectivity index (χ1n) is 4.11. The molecule has 0 radical (unpaired) electrons. The maximum atomic E-state index is 5.18. The van der Waals surface area contributed by atoms with E-state index in [0.717, 1.165) is 6.42 Å². The van der Waals surface area contributed by atoms with E-state index in [2.05, 4.69) is 24.7 Å². The van der Waals surface area contributed by atoms with Gasteiger partial charge in [0.05, 0.1) is 0 Å². The van der Waals surface area contributed by atoms with Crippen molar-refractivity contribution >= 4 is 0 Å². The Labute approximate surface area is 71.8 Å². The Kier molecular flexibility index (Phi) is 7.46. The Balaban J connectivity index is 0. The van der Waals surface area contributed by atoms with E-state index < -0.39 is 0 Å². The Hall–Kier alpha value is -0.480. The van der Waals surface area contributed by atoms with Gasteiger partial charge >= 0.3 is 0 Å². The van der Waals surface area contributed by atoms with Crippen molar-refractivity contribution in [2.24, 2.45) is 0 Å². The highest BCUT2D eigenvalue weighted by atomic mass is 15.1. The number of hydrogen-bond acceptors (Lipinski definition) is 1. The van der Waals surface area contributed by atoms with E-state index in [9.17, 15) is 0 Å². The van der Waals surface area contributed by atoms with Crippen LogP contribution < -0.4 is 0 Å². The zero-order chi connectivity index (χ0) is 9.49. The van der Waals surface area contributed by atoms with Crippen LogP contribution in [0.1, 0.15) is 34.1 Å². The molecule has 0 saturated heterocycles. The van der Waals surface area contributed by atoms with Crippen LogP contribution in [0, 0.1) is 12.3 Å². The summed E-state index contributed by atoms with van der Waals surface area (Å²) in [6, 6.07) is 0. The molecule has 0 fully saturated rings. The maximum absolute atomic E-state index is 5.18. The fraction of sp³-hybridized carbons (Fsp3) is 0.800. The van der Waals surface area contributed by atoms with Gasteiger partial charge in [0.25, 0.3) is 0 Å². The van der Waals surface area contributed by atoms with Crippen LogP contribution in [0.3, 0.4) is 0 Å². The SMILES string of the molecule is C#CCC(C)(C)N(C)C.CC. The van der Waals surface area contributed by atoms with Crippen LogP contribution in [0.15, 0.2) is 0 Å². The minimum absolute atomic E-state index is 0.148. The number of terminal acetylenes is 1. The van der Waals surface area contributed by atoms with Gasteiger partial charge < -0.3 is 4.90 Å². The van der Waals surface area contributed by atoms with Gasteiger partial charge in [-0.05, 0) is 27.9 Å². The van der Waals surface area contributed by atoms with E-state index in [4.69, 9.17) is 6.42 Å². The maximum Gasteiger partial charge on any atom is 0.0266 e. The van der Waals surface area contributed by atoms with Gasteiger partial charge in [-0.25, -0.2) is 0 Å². The zero-order valence-electron chi connectivity index (χ0n) is 8.73. The molecular weight excluding hydrogens is 134 g/mol. The monoisotopic (exact) mass is 155 g/mol. The Morgan fingerprint density at radius 2 is 1.64 bits per heavy atom. The first kappa shape index (κ1) is 13.1. The van der Waals surface area contributed by atoms with E-state index in [1.54, 1.807) is 0 Å². The summed E-state index contributed by atoms with van der Waals surface area (Å²) in [5.41, 5.74) is 0.148. The molecule has 0 N–H and O–H groups in total. The normalized spacial score (nSPS) is 10.0. The number of rotatable bonds is 2. The quantitative estimate of drug-likeness (QED) is 0.553. The van der Waals surface area contributed by atoms with Crippen LogP contribution in [0.25, 0.3) is 0 Å². The highest BCUT2D eigenvalue weighted by Crippen LogP contribution is 2.12. The molecule has 11 heavy (non-hydrogen) atoms. The first-order valence-corrected chi connectivity index (χ1v) is 4.11. The predicted molar refractivity (Wildman–Crippen MR) is 52.6 cm³/mol. The molecule has 0 rings (SSSR count). The molecule has 0 aromatic rings. The van der Waals surface area contributed by atoms with Gasteiger partial charge in [-0.15, -0.1) is 12.3 Å².